The largest absolute Gasteiger partial charge is 0.480 e. The Labute approximate surface area is 99.8 Å². The number of hydrogen-bond donors (Lipinski definition) is 2. The van der Waals surface area contributed by atoms with Crippen LogP contribution in [-0.2, 0) is 15.0 Å². The summed E-state index contributed by atoms with van der Waals surface area (Å²) in [5.41, 5.74) is 0. The molecule has 0 aromatic heterocycles. The van der Waals surface area contributed by atoms with Gasteiger partial charge in [0.25, 0.3) is 10.2 Å². The molecule has 2 unspecified atom stereocenters. The fourth-order valence-electron chi connectivity index (χ4n) is 2.33. The number of hydrogen-bond acceptors (Lipinski definition) is 4. The predicted molar refractivity (Wildman–Crippen MR) is 58.5 cm³/mol. The van der Waals surface area contributed by atoms with Crippen LogP contribution in [0.3, 0.4) is 0 Å². The Morgan fingerprint density at radius 3 is 2.35 bits per heavy atom. The minimum atomic E-state index is -3.74. The Kier molecular flexibility index (Phi) is 3.39. The van der Waals surface area contributed by atoms with Crippen molar-refractivity contribution in [2.24, 2.45) is 0 Å². The lowest BCUT2D eigenvalue weighted by Gasteiger charge is -2.26. The van der Waals surface area contributed by atoms with Crippen molar-refractivity contribution in [3.63, 3.8) is 0 Å². The number of carbonyl (C=O) groups is 1. The van der Waals surface area contributed by atoms with Crippen molar-refractivity contribution < 1.29 is 23.4 Å². The van der Waals surface area contributed by atoms with Gasteiger partial charge in [-0.1, -0.05) is 0 Å². The van der Waals surface area contributed by atoms with Gasteiger partial charge in [0.05, 0.1) is 6.10 Å². The molecule has 2 saturated heterocycles. The Bertz CT molecular complexity index is 404. The van der Waals surface area contributed by atoms with Crippen LogP contribution in [0.15, 0.2) is 0 Å². The maximum Gasteiger partial charge on any atom is 0.322 e. The van der Waals surface area contributed by atoms with E-state index in [1.54, 1.807) is 0 Å². The van der Waals surface area contributed by atoms with Crippen molar-refractivity contribution in [1.29, 1.82) is 0 Å². The average molecular weight is 264 g/mol. The maximum atomic E-state index is 12.2. The summed E-state index contributed by atoms with van der Waals surface area (Å²) in [6.45, 7) is 0.734. The molecule has 17 heavy (non-hydrogen) atoms. The fourth-order valence-corrected chi connectivity index (χ4v) is 4.21. The molecule has 0 amide bonds. The van der Waals surface area contributed by atoms with Crippen molar-refractivity contribution in [2.45, 2.75) is 31.4 Å². The molecule has 2 rings (SSSR count). The highest BCUT2D eigenvalue weighted by Gasteiger charge is 2.45. The van der Waals surface area contributed by atoms with Crippen LogP contribution in [0.2, 0.25) is 0 Å². The Morgan fingerprint density at radius 1 is 1.24 bits per heavy atom. The van der Waals surface area contributed by atoms with Crippen LogP contribution in [0, 0.1) is 0 Å². The molecule has 7 nitrogen and oxygen atoms in total. The zero-order valence-electron chi connectivity index (χ0n) is 9.32. The van der Waals surface area contributed by atoms with Gasteiger partial charge in [-0.2, -0.15) is 17.0 Å². The van der Waals surface area contributed by atoms with Crippen LogP contribution in [0.1, 0.15) is 19.3 Å². The van der Waals surface area contributed by atoms with E-state index in [-0.39, 0.29) is 13.0 Å². The van der Waals surface area contributed by atoms with E-state index in [4.69, 9.17) is 5.11 Å². The first-order valence-electron chi connectivity index (χ1n) is 5.60. The van der Waals surface area contributed by atoms with Crippen molar-refractivity contribution in [2.75, 3.05) is 19.6 Å². The number of carboxylic acids is 1. The van der Waals surface area contributed by atoms with Gasteiger partial charge in [0.1, 0.15) is 6.04 Å². The van der Waals surface area contributed by atoms with Crippen molar-refractivity contribution in [1.82, 2.24) is 8.61 Å². The molecule has 2 aliphatic rings. The topological polar surface area (TPSA) is 98.1 Å². The van der Waals surface area contributed by atoms with Gasteiger partial charge in [0.15, 0.2) is 0 Å². The zero-order valence-corrected chi connectivity index (χ0v) is 10.1. The number of β-amino-alcohol motifs (C(OH)–C–C–N with tert-alkyl or cyclic N) is 1. The number of aliphatic carboxylic acids is 1. The van der Waals surface area contributed by atoms with E-state index in [1.165, 1.54) is 4.31 Å². The maximum absolute atomic E-state index is 12.2. The molecular formula is C9H16N2O5S. The predicted octanol–water partition coefficient (Wildman–Crippen LogP) is -1.15. The van der Waals surface area contributed by atoms with Crippen LogP contribution in [-0.4, -0.2) is 65.0 Å². The summed E-state index contributed by atoms with van der Waals surface area (Å²) in [5.74, 6) is -1.20. The molecule has 0 bridgehead atoms. The highest BCUT2D eigenvalue weighted by molar-refractivity contribution is 7.86. The van der Waals surface area contributed by atoms with Crippen LogP contribution in [0.25, 0.3) is 0 Å². The number of aliphatic hydroxyl groups is 1. The van der Waals surface area contributed by atoms with Gasteiger partial charge in [-0.15, -0.1) is 0 Å². The van der Waals surface area contributed by atoms with Gasteiger partial charge in [0, 0.05) is 26.1 Å². The highest BCUT2D eigenvalue weighted by atomic mass is 32.2. The highest BCUT2D eigenvalue weighted by Crippen LogP contribution is 2.26. The van der Waals surface area contributed by atoms with Gasteiger partial charge < -0.3 is 10.2 Å². The normalized spacial score (nSPS) is 32.1. The molecule has 0 aliphatic carbocycles. The summed E-state index contributed by atoms with van der Waals surface area (Å²) < 4.78 is 26.5. The molecule has 2 aliphatic heterocycles. The smallest absolute Gasteiger partial charge is 0.322 e. The van der Waals surface area contributed by atoms with E-state index in [0.717, 1.165) is 17.1 Å². The van der Waals surface area contributed by atoms with Crippen molar-refractivity contribution in [3.05, 3.63) is 0 Å². The molecule has 98 valence electrons. The SMILES string of the molecule is O=C(O)C1CC(O)CN1S(=O)(=O)N1CCCC1. The lowest BCUT2D eigenvalue weighted by molar-refractivity contribution is -0.140. The first-order chi connectivity index (χ1) is 7.93. The summed E-state index contributed by atoms with van der Waals surface area (Å²) in [7, 11) is -3.74. The van der Waals surface area contributed by atoms with Crippen LogP contribution in [0.4, 0.5) is 0 Å². The van der Waals surface area contributed by atoms with Gasteiger partial charge in [-0.3, -0.25) is 4.79 Å². The average Bonchev–Trinajstić information content (AvgIpc) is 2.84. The molecule has 0 spiro atoms. The van der Waals surface area contributed by atoms with Gasteiger partial charge in [-0.25, -0.2) is 0 Å². The van der Waals surface area contributed by atoms with Gasteiger partial charge >= 0.3 is 5.97 Å². The lowest BCUT2D eigenvalue weighted by atomic mass is 10.2. The van der Waals surface area contributed by atoms with Gasteiger partial charge in [-0.05, 0) is 12.8 Å². The standard InChI is InChI=1S/C9H16N2O5S/c12-7-5-8(9(13)14)11(6-7)17(15,16)10-3-1-2-4-10/h7-8,12H,1-6H2,(H,13,14). The Hall–Kier alpha value is -0.700. The summed E-state index contributed by atoms with van der Waals surface area (Å²) in [5, 5.41) is 18.4. The molecule has 8 heteroatoms. The zero-order chi connectivity index (χ0) is 12.6. The third-order valence-electron chi connectivity index (χ3n) is 3.21. The van der Waals surface area contributed by atoms with Gasteiger partial charge in [0.2, 0.25) is 0 Å². The second kappa shape index (κ2) is 4.52. The number of nitrogens with zero attached hydrogens (tertiary/aromatic N) is 2. The van der Waals surface area contributed by atoms with E-state index < -0.39 is 28.3 Å². The Balaban J connectivity index is 2.22. The van der Waals surface area contributed by atoms with Crippen LogP contribution < -0.4 is 0 Å². The summed E-state index contributed by atoms with van der Waals surface area (Å²) >= 11 is 0. The van der Waals surface area contributed by atoms with Crippen LogP contribution >= 0.6 is 0 Å². The number of aliphatic hydroxyl groups excluding tert-OH is 1. The fraction of sp³-hybridized carbons (Fsp3) is 0.889. The van der Waals surface area contributed by atoms with E-state index in [9.17, 15) is 18.3 Å². The molecule has 2 atom stereocenters. The second-order valence-corrected chi connectivity index (χ2v) is 6.31. The molecule has 0 saturated carbocycles. The molecular weight excluding hydrogens is 248 g/mol. The molecule has 2 heterocycles. The molecule has 2 N–H and O–H groups in total. The molecule has 0 aromatic carbocycles. The van der Waals surface area contributed by atoms with E-state index in [1.807, 2.05) is 0 Å². The number of carboxylic acid groups (broad SMARTS) is 1. The molecule has 2 fully saturated rings. The first kappa shape index (κ1) is 12.7. The second-order valence-electron chi connectivity index (χ2n) is 4.43. The van der Waals surface area contributed by atoms with Crippen LogP contribution in [0.5, 0.6) is 0 Å². The quantitative estimate of drug-likeness (QED) is 0.670. The van der Waals surface area contributed by atoms with E-state index in [0.29, 0.717) is 13.1 Å². The summed E-state index contributed by atoms with van der Waals surface area (Å²) in [4.78, 5) is 11.0. The first-order valence-corrected chi connectivity index (χ1v) is 7.00. The summed E-state index contributed by atoms with van der Waals surface area (Å²) in [6, 6.07) is -1.14. The van der Waals surface area contributed by atoms with Crippen molar-refractivity contribution in [3.8, 4) is 0 Å². The monoisotopic (exact) mass is 264 g/mol. The third-order valence-corrected chi connectivity index (χ3v) is 5.22. The van der Waals surface area contributed by atoms with Crippen molar-refractivity contribution >= 4 is 16.2 Å². The minimum absolute atomic E-state index is 0.0393. The summed E-state index contributed by atoms with van der Waals surface area (Å²) in [6.07, 6.45) is 0.664. The molecule has 0 aromatic rings. The third kappa shape index (κ3) is 2.30. The molecule has 0 radical (unpaired) electrons. The Morgan fingerprint density at radius 2 is 1.82 bits per heavy atom. The van der Waals surface area contributed by atoms with E-state index >= 15 is 0 Å². The number of rotatable bonds is 3. The minimum Gasteiger partial charge on any atom is -0.480 e. The van der Waals surface area contributed by atoms with E-state index in [2.05, 4.69) is 0 Å². The lowest BCUT2D eigenvalue weighted by Crippen LogP contribution is -2.47.